The highest BCUT2D eigenvalue weighted by Gasteiger charge is 2.29. The van der Waals surface area contributed by atoms with Crippen LogP contribution in [-0.2, 0) is 14.8 Å². The molecule has 3 aromatic rings. The monoisotopic (exact) mass is 469 g/mol. The number of aryl methyl sites for hydroxylation is 1. The van der Waals surface area contributed by atoms with Gasteiger partial charge in [0, 0.05) is 0 Å². The number of carbonyl (C=O) groups excluding carboxylic acids is 1. The number of sulfonamides is 1. The van der Waals surface area contributed by atoms with Crippen molar-refractivity contribution < 1.29 is 22.3 Å². The van der Waals surface area contributed by atoms with Gasteiger partial charge in [0.25, 0.3) is 15.9 Å². The van der Waals surface area contributed by atoms with E-state index in [0.717, 1.165) is 15.9 Å². The molecule has 0 aliphatic rings. The molecule has 0 saturated heterocycles. The fraction of sp³-hybridized carbons (Fsp3) is 0.167. The van der Waals surface area contributed by atoms with Crippen molar-refractivity contribution in [2.75, 3.05) is 17.5 Å². The standard InChI is InChI=1S/C24H24FN3O4S/c1-3-32-20-12-10-19(11-13-20)16-26-27-24(29)17-28(23-7-5-4-6-22(23)25)33(30,31)21-14-8-18(2)9-15-21/h4-16H,3,17H2,1-2H3,(H,27,29)/b26-16-. The molecule has 0 saturated carbocycles. The summed E-state index contributed by atoms with van der Waals surface area (Å²) in [4.78, 5) is 12.5. The zero-order chi connectivity index (χ0) is 23.8. The van der Waals surface area contributed by atoms with Gasteiger partial charge >= 0.3 is 0 Å². The summed E-state index contributed by atoms with van der Waals surface area (Å²) >= 11 is 0. The van der Waals surface area contributed by atoms with Gasteiger partial charge < -0.3 is 4.74 Å². The van der Waals surface area contributed by atoms with Crippen molar-refractivity contribution in [3.8, 4) is 5.75 Å². The van der Waals surface area contributed by atoms with Crippen molar-refractivity contribution in [3.05, 3.63) is 89.7 Å². The summed E-state index contributed by atoms with van der Waals surface area (Å²) in [5, 5.41) is 3.87. The zero-order valence-corrected chi connectivity index (χ0v) is 19.0. The number of nitrogens with zero attached hydrogens (tertiary/aromatic N) is 2. The Morgan fingerprint density at radius 3 is 2.36 bits per heavy atom. The van der Waals surface area contributed by atoms with Crippen LogP contribution in [0, 0.1) is 12.7 Å². The van der Waals surface area contributed by atoms with E-state index in [1.54, 1.807) is 36.4 Å². The molecule has 0 aromatic heterocycles. The highest BCUT2D eigenvalue weighted by molar-refractivity contribution is 7.92. The van der Waals surface area contributed by atoms with Crippen molar-refractivity contribution >= 4 is 27.8 Å². The lowest BCUT2D eigenvalue weighted by molar-refractivity contribution is -0.119. The second-order valence-corrected chi connectivity index (χ2v) is 8.93. The molecule has 0 atom stereocenters. The van der Waals surface area contributed by atoms with Crippen LogP contribution in [0.3, 0.4) is 0 Å². The molecule has 3 aromatic carbocycles. The first-order chi connectivity index (χ1) is 15.8. The van der Waals surface area contributed by atoms with Gasteiger partial charge in [-0.25, -0.2) is 18.2 Å². The third-order valence-corrected chi connectivity index (χ3v) is 6.39. The summed E-state index contributed by atoms with van der Waals surface area (Å²) in [7, 11) is -4.21. The molecule has 0 radical (unpaired) electrons. The average Bonchev–Trinajstić information content (AvgIpc) is 2.80. The maximum Gasteiger partial charge on any atom is 0.264 e. The van der Waals surface area contributed by atoms with E-state index in [1.165, 1.54) is 36.5 Å². The average molecular weight is 470 g/mol. The first-order valence-corrected chi connectivity index (χ1v) is 11.6. The highest BCUT2D eigenvalue weighted by atomic mass is 32.2. The van der Waals surface area contributed by atoms with Gasteiger partial charge in [0.05, 0.1) is 23.4 Å². The lowest BCUT2D eigenvalue weighted by Crippen LogP contribution is -2.40. The number of ether oxygens (including phenoxy) is 1. The minimum Gasteiger partial charge on any atom is -0.494 e. The molecule has 1 N–H and O–H groups in total. The minimum atomic E-state index is -4.21. The lowest BCUT2D eigenvalue weighted by Gasteiger charge is -2.24. The van der Waals surface area contributed by atoms with Crippen LogP contribution in [0.25, 0.3) is 0 Å². The second-order valence-electron chi connectivity index (χ2n) is 7.07. The molecular formula is C24H24FN3O4S. The molecule has 172 valence electrons. The smallest absolute Gasteiger partial charge is 0.264 e. The molecule has 0 bridgehead atoms. The van der Waals surface area contributed by atoms with Crippen LogP contribution in [0.1, 0.15) is 18.1 Å². The van der Waals surface area contributed by atoms with E-state index in [-0.39, 0.29) is 10.6 Å². The van der Waals surface area contributed by atoms with E-state index in [4.69, 9.17) is 4.74 Å². The van der Waals surface area contributed by atoms with Crippen molar-refractivity contribution in [2.24, 2.45) is 5.10 Å². The second kappa shape index (κ2) is 10.7. The number of nitrogens with one attached hydrogen (secondary N) is 1. The summed E-state index contributed by atoms with van der Waals surface area (Å²) in [5.41, 5.74) is 3.64. The lowest BCUT2D eigenvalue weighted by atomic mass is 10.2. The van der Waals surface area contributed by atoms with Gasteiger partial charge in [0.2, 0.25) is 0 Å². The van der Waals surface area contributed by atoms with Gasteiger partial charge in [-0.05, 0) is 67.9 Å². The van der Waals surface area contributed by atoms with Gasteiger partial charge in [-0.2, -0.15) is 5.10 Å². The summed E-state index contributed by atoms with van der Waals surface area (Å²) in [5.74, 6) is -0.782. The SMILES string of the molecule is CCOc1ccc(/C=N\NC(=O)CN(c2ccccc2F)S(=O)(=O)c2ccc(C)cc2)cc1. The fourth-order valence-electron chi connectivity index (χ4n) is 2.95. The largest absolute Gasteiger partial charge is 0.494 e. The number of rotatable bonds is 9. The number of para-hydroxylation sites is 1. The Morgan fingerprint density at radius 2 is 1.73 bits per heavy atom. The molecule has 0 unspecified atom stereocenters. The van der Waals surface area contributed by atoms with E-state index in [1.807, 2.05) is 13.8 Å². The predicted molar refractivity (Wildman–Crippen MR) is 125 cm³/mol. The number of amides is 1. The normalized spacial score (nSPS) is 11.4. The zero-order valence-electron chi connectivity index (χ0n) is 18.2. The molecule has 9 heteroatoms. The molecule has 3 rings (SSSR count). The maximum absolute atomic E-state index is 14.5. The first kappa shape index (κ1) is 23.9. The van der Waals surface area contributed by atoms with E-state index in [2.05, 4.69) is 10.5 Å². The third-order valence-electron chi connectivity index (χ3n) is 4.61. The number of anilines is 1. The number of carbonyl (C=O) groups is 1. The molecule has 0 aliphatic heterocycles. The Hall–Kier alpha value is -3.72. The summed E-state index contributed by atoms with van der Waals surface area (Å²) in [6, 6.07) is 18.5. The molecule has 0 heterocycles. The molecule has 0 aliphatic carbocycles. The number of halogens is 1. The van der Waals surface area contributed by atoms with Gasteiger partial charge in [0.1, 0.15) is 18.1 Å². The Balaban J connectivity index is 1.79. The summed E-state index contributed by atoms with van der Waals surface area (Å²) in [6.07, 6.45) is 1.41. The molecule has 7 nitrogen and oxygen atoms in total. The number of hydrazone groups is 1. The number of hydrogen-bond donors (Lipinski definition) is 1. The Kier molecular flexibility index (Phi) is 7.78. The molecule has 0 spiro atoms. The summed E-state index contributed by atoms with van der Waals surface area (Å²) in [6.45, 7) is 3.60. The van der Waals surface area contributed by atoms with Crippen molar-refractivity contribution in [1.82, 2.24) is 5.43 Å². The minimum absolute atomic E-state index is 0.0537. The fourth-order valence-corrected chi connectivity index (χ4v) is 4.38. The van der Waals surface area contributed by atoms with Crippen LogP contribution in [0.15, 0.2) is 82.8 Å². The number of benzene rings is 3. The van der Waals surface area contributed by atoms with E-state index in [9.17, 15) is 17.6 Å². The van der Waals surface area contributed by atoms with Crippen LogP contribution in [0.5, 0.6) is 5.75 Å². The van der Waals surface area contributed by atoms with Crippen LogP contribution in [-0.4, -0.2) is 33.7 Å². The highest BCUT2D eigenvalue weighted by Crippen LogP contribution is 2.26. The molecular weight excluding hydrogens is 445 g/mol. The third kappa shape index (κ3) is 6.17. The molecule has 1 amide bonds. The van der Waals surface area contributed by atoms with E-state index < -0.39 is 28.3 Å². The summed E-state index contributed by atoms with van der Waals surface area (Å²) < 4.78 is 47.1. The van der Waals surface area contributed by atoms with E-state index >= 15 is 0 Å². The van der Waals surface area contributed by atoms with Gasteiger partial charge in [-0.1, -0.05) is 29.8 Å². The van der Waals surface area contributed by atoms with Crippen molar-refractivity contribution in [3.63, 3.8) is 0 Å². The quantitative estimate of drug-likeness (QED) is 0.381. The Morgan fingerprint density at radius 1 is 1.06 bits per heavy atom. The Labute approximate surface area is 192 Å². The van der Waals surface area contributed by atoms with Gasteiger partial charge in [0.15, 0.2) is 0 Å². The van der Waals surface area contributed by atoms with Crippen LogP contribution in [0.4, 0.5) is 10.1 Å². The first-order valence-electron chi connectivity index (χ1n) is 10.2. The Bertz CT molecular complexity index is 1230. The topological polar surface area (TPSA) is 88.1 Å². The number of hydrogen-bond acceptors (Lipinski definition) is 5. The van der Waals surface area contributed by atoms with Crippen LogP contribution >= 0.6 is 0 Å². The van der Waals surface area contributed by atoms with Crippen LogP contribution < -0.4 is 14.5 Å². The van der Waals surface area contributed by atoms with E-state index in [0.29, 0.717) is 17.9 Å². The molecule has 0 fully saturated rings. The predicted octanol–water partition coefficient (Wildman–Crippen LogP) is 3.88. The van der Waals surface area contributed by atoms with Crippen molar-refractivity contribution in [1.29, 1.82) is 0 Å². The molecule has 33 heavy (non-hydrogen) atoms. The van der Waals surface area contributed by atoms with Crippen LogP contribution in [0.2, 0.25) is 0 Å². The van der Waals surface area contributed by atoms with Gasteiger partial charge in [-0.3, -0.25) is 9.10 Å². The van der Waals surface area contributed by atoms with Gasteiger partial charge in [-0.15, -0.1) is 0 Å². The van der Waals surface area contributed by atoms with Crippen molar-refractivity contribution in [2.45, 2.75) is 18.7 Å². The maximum atomic E-state index is 14.5.